The fourth-order valence-corrected chi connectivity index (χ4v) is 3.97. The Hall–Kier alpha value is -2.90. The Morgan fingerprint density at radius 3 is 2.52 bits per heavy atom. The van der Waals surface area contributed by atoms with E-state index in [2.05, 4.69) is 24.0 Å². The molecule has 0 bridgehead atoms. The predicted molar refractivity (Wildman–Crippen MR) is 107 cm³/mol. The minimum absolute atomic E-state index is 0.0477. The normalized spacial score (nSPS) is 19.9. The summed E-state index contributed by atoms with van der Waals surface area (Å²) in [7, 11) is 0. The van der Waals surface area contributed by atoms with Crippen LogP contribution in [0.5, 0.6) is 0 Å². The van der Waals surface area contributed by atoms with Crippen LogP contribution in [0.2, 0.25) is 0 Å². The van der Waals surface area contributed by atoms with Gasteiger partial charge in [-0.25, -0.2) is 4.79 Å². The molecule has 8 heteroatoms. The highest BCUT2D eigenvalue weighted by Crippen LogP contribution is 2.28. The maximum Gasteiger partial charge on any atom is 0.410 e. The van der Waals surface area contributed by atoms with E-state index >= 15 is 0 Å². The van der Waals surface area contributed by atoms with E-state index in [-0.39, 0.29) is 23.5 Å². The fourth-order valence-electron chi connectivity index (χ4n) is 3.97. The molecule has 0 spiro atoms. The summed E-state index contributed by atoms with van der Waals surface area (Å²) in [5.74, 6) is -0.107. The Balaban J connectivity index is 1.42. The molecule has 2 saturated heterocycles. The first-order valence-corrected chi connectivity index (χ1v) is 10.1. The highest BCUT2D eigenvalue weighted by molar-refractivity contribution is 5.93. The lowest BCUT2D eigenvalue weighted by Crippen LogP contribution is -2.55. The summed E-state index contributed by atoms with van der Waals surface area (Å²) < 4.78 is 5.35. The number of carbonyl (C=O) groups excluding carboxylic acids is 2. The van der Waals surface area contributed by atoms with Crippen LogP contribution in [0.15, 0.2) is 30.3 Å². The molecule has 29 heavy (non-hydrogen) atoms. The first-order valence-electron chi connectivity index (χ1n) is 10.1. The number of hydrogen-bond acceptors (Lipinski definition) is 5. The number of likely N-dealkylation sites (tertiary alicyclic amines) is 1. The molecule has 4 rings (SSSR count). The van der Waals surface area contributed by atoms with Gasteiger partial charge in [-0.2, -0.15) is 9.90 Å². The average Bonchev–Trinajstić information content (AvgIpc) is 3.12. The molecule has 2 aromatic rings. The molecule has 0 aliphatic carbocycles. The van der Waals surface area contributed by atoms with Crippen LogP contribution < -0.4 is 0 Å². The van der Waals surface area contributed by atoms with E-state index in [1.54, 1.807) is 6.92 Å². The van der Waals surface area contributed by atoms with Crippen molar-refractivity contribution in [1.29, 1.82) is 0 Å². The Labute approximate surface area is 170 Å². The molecule has 1 aromatic heterocycles. The first kappa shape index (κ1) is 19.4. The molecule has 2 aliphatic heterocycles. The maximum atomic E-state index is 13.0. The van der Waals surface area contributed by atoms with Crippen molar-refractivity contribution in [1.82, 2.24) is 24.8 Å². The van der Waals surface area contributed by atoms with Gasteiger partial charge in [0.25, 0.3) is 5.91 Å². The number of nitrogens with zero attached hydrogens (tertiary/aromatic N) is 5. The van der Waals surface area contributed by atoms with Gasteiger partial charge < -0.3 is 14.5 Å². The average molecular weight is 397 g/mol. The molecule has 2 aliphatic rings. The van der Waals surface area contributed by atoms with Crippen LogP contribution in [0.3, 0.4) is 0 Å². The molecular formula is C21H27N5O3. The van der Waals surface area contributed by atoms with Crippen molar-refractivity contribution in [3.8, 4) is 5.69 Å². The van der Waals surface area contributed by atoms with Gasteiger partial charge in [-0.1, -0.05) is 32.0 Å². The number of aryl methyl sites for hydroxylation is 1. The van der Waals surface area contributed by atoms with Crippen LogP contribution in [-0.4, -0.2) is 69.1 Å². The first-order chi connectivity index (χ1) is 13.8. The molecule has 2 amide bonds. The molecule has 1 aromatic carbocycles. The summed E-state index contributed by atoms with van der Waals surface area (Å²) in [6, 6.07) is 9.65. The highest BCUT2D eigenvalue weighted by Gasteiger charge is 2.38. The molecule has 154 valence electrons. The summed E-state index contributed by atoms with van der Waals surface area (Å²) in [4.78, 5) is 30.4. The number of para-hydroxylation sites is 1. The number of benzene rings is 1. The van der Waals surface area contributed by atoms with Crippen molar-refractivity contribution in [3.63, 3.8) is 0 Å². The van der Waals surface area contributed by atoms with Gasteiger partial charge in [0.05, 0.1) is 18.0 Å². The largest absolute Gasteiger partial charge is 0.449 e. The van der Waals surface area contributed by atoms with Crippen molar-refractivity contribution >= 4 is 12.0 Å². The summed E-state index contributed by atoms with van der Waals surface area (Å²) in [6.07, 6.45) is 1.24. The van der Waals surface area contributed by atoms with Gasteiger partial charge in [0.1, 0.15) is 0 Å². The van der Waals surface area contributed by atoms with Gasteiger partial charge in [-0.3, -0.25) is 4.79 Å². The Morgan fingerprint density at radius 2 is 1.83 bits per heavy atom. The Bertz CT molecular complexity index is 900. The van der Waals surface area contributed by atoms with Crippen molar-refractivity contribution in [3.05, 3.63) is 41.7 Å². The lowest BCUT2D eigenvalue weighted by Gasteiger charge is -2.44. The molecule has 8 nitrogen and oxygen atoms in total. The molecule has 0 saturated carbocycles. The van der Waals surface area contributed by atoms with Gasteiger partial charge in [0, 0.05) is 31.1 Å². The molecule has 0 atom stereocenters. The lowest BCUT2D eigenvalue weighted by molar-refractivity contribution is -0.0153. The molecular weight excluding hydrogens is 370 g/mol. The zero-order valence-electron chi connectivity index (χ0n) is 17.2. The van der Waals surface area contributed by atoms with E-state index in [0.29, 0.717) is 37.6 Å². The van der Waals surface area contributed by atoms with Crippen molar-refractivity contribution in [2.75, 3.05) is 26.2 Å². The SMILES string of the molecule is Cc1nn(-c2ccccc2)nc1C(=O)N1CCC(N2CC(C)(C)COC2=O)CC1. The molecule has 0 N–H and O–H groups in total. The van der Waals surface area contributed by atoms with Gasteiger partial charge in [0.2, 0.25) is 0 Å². The number of carbonyl (C=O) groups is 2. The molecule has 2 fully saturated rings. The van der Waals surface area contributed by atoms with Crippen LogP contribution in [0.25, 0.3) is 5.69 Å². The van der Waals surface area contributed by atoms with Crippen molar-refractivity contribution in [2.45, 2.75) is 39.7 Å². The smallest absolute Gasteiger partial charge is 0.410 e. The van der Waals surface area contributed by atoms with Gasteiger partial charge >= 0.3 is 6.09 Å². The topological polar surface area (TPSA) is 80.6 Å². The quantitative estimate of drug-likeness (QED) is 0.795. The summed E-state index contributed by atoms with van der Waals surface area (Å²) in [5.41, 5.74) is 1.77. The summed E-state index contributed by atoms with van der Waals surface area (Å²) in [5, 5.41) is 8.82. The molecule has 0 radical (unpaired) electrons. The number of ether oxygens (including phenoxy) is 1. The lowest BCUT2D eigenvalue weighted by atomic mass is 9.91. The number of cyclic esters (lactones) is 1. The van der Waals surface area contributed by atoms with Gasteiger partial charge in [-0.15, -0.1) is 5.10 Å². The number of rotatable bonds is 3. The molecule has 3 heterocycles. The Morgan fingerprint density at radius 1 is 1.14 bits per heavy atom. The van der Waals surface area contributed by atoms with Crippen LogP contribution in [0.1, 0.15) is 42.9 Å². The fraction of sp³-hybridized carbons (Fsp3) is 0.524. The van der Waals surface area contributed by atoms with Crippen LogP contribution in [-0.2, 0) is 4.74 Å². The summed E-state index contributed by atoms with van der Waals surface area (Å²) >= 11 is 0. The number of hydrogen-bond donors (Lipinski definition) is 0. The minimum atomic E-state index is -0.240. The summed E-state index contributed by atoms with van der Waals surface area (Å²) in [6.45, 7) is 8.33. The monoisotopic (exact) mass is 397 g/mol. The number of amides is 2. The van der Waals surface area contributed by atoms with E-state index in [0.717, 1.165) is 18.5 Å². The van der Waals surface area contributed by atoms with E-state index in [9.17, 15) is 9.59 Å². The zero-order valence-corrected chi connectivity index (χ0v) is 17.2. The second-order valence-corrected chi connectivity index (χ2v) is 8.63. The third-order valence-electron chi connectivity index (χ3n) is 5.58. The van der Waals surface area contributed by atoms with Crippen molar-refractivity contribution < 1.29 is 14.3 Å². The van der Waals surface area contributed by atoms with E-state index in [1.807, 2.05) is 40.1 Å². The second-order valence-electron chi connectivity index (χ2n) is 8.63. The molecule has 0 unspecified atom stereocenters. The van der Waals surface area contributed by atoms with Crippen LogP contribution >= 0.6 is 0 Å². The van der Waals surface area contributed by atoms with E-state index in [1.165, 1.54) is 4.80 Å². The van der Waals surface area contributed by atoms with E-state index in [4.69, 9.17) is 4.74 Å². The predicted octanol–water partition coefficient (Wildman–Crippen LogP) is 2.66. The second kappa shape index (κ2) is 7.50. The highest BCUT2D eigenvalue weighted by atomic mass is 16.6. The Kier molecular flexibility index (Phi) is 5.02. The third kappa shape index (κ3) is 3.97. The van der Waals surface area contributed by atoms with Crippen LogP contribution in [0.4, 0.5) is 4.79 Å². The minimum Gasteiger partial charge on any atom is -0.449 e. The maximum absolute atomic E-state index is 13.0. The van der Waals surface area contributed by atoms with Crippen LogP contribution in [0, 0.1) is 12.3 Å². The van der Waals surface area contributed by atoms with Gasteiger partial charge in [0.15, 0.2) is 5.69 Å². The zero-order chi connectivity index (χ0) is 20.6. The third-order valence-corrected chi connectivity index (χ3v) is 5.58. The number of piperidine rings is 1. The van der Waals surface area contributed by atoms with Crippen molar-refractivity contribution in [2.24, 2.45) is 5.41 Å². The van der Waals surface area contributed by atoms with E-state index < -0.39 is 0 Å². The van der Waals surface area contributed by atoms with Gasteiger partial charge in [-0.05, 0) is 31.9 Å². The standard InChI is InChI=1S/C21H27N5O3/c1-15-18(23-26(22-15)17-7-5-4-6-8-17)19(27)24-11-9-16(10-12-24)25-13-21(2,3)14-29-20(25)28/h4-8,16H,9-14H2,1-3H3. The number of aromatic nitrogens is 3.